The summed E-state index contributed by atoms with van der Waals surface area (Å²) in [4.78, 5) is 28.8. The first-order valence-electron chi connectivity index (χ1n) is 9.09. The zero-order chi connectivity index (χ0) is 20.2. The molecule has 8 heteroatoms. The number of pyridine rings is 1. The molecule has 0 aromatic carbocycles. The Morgan fingerprint density at radius 3 is 2.70 bits per heavy atom. The maximum absolute atomic E-state index is 12.9. The molecule has 1 fully saturated rings. The first-order chi connectivity index (χ1) is 12.5. The Balaban J connectivity index is 2.18. The number of Topliss-reactive ketones (excluding diaryl/α,β-unsaturated/α-hetero) is 1. The number of sulfonamides is 1. The minimum Gasteiger partial charge on any atom is -0.346 e. The van der Waals surface area contributed by atoms with E-state index in [0.717, 1.165) is 0 Å². The van der Waals surface area contributed by atoms with Crippen molar-refractivity contribution < 1.29 is 18.0 Å². The van der Waals surface area contributed by atoms with E-state index in [2.05, 4.69) is 10.3 Å². The largest absolute Gasteiger partial charge is 0.346 e. The predicted molar refractivity (Wildman–Crippen MR) is 102 cm³/mol. The van der Waals surface area contributed by atoms with Gasteiger partial charge in [-0.1, -0.05) is 33.8 Å². The highest BCUT2D eigenvalue weighted by Gasteiger charge is 2.40. The number of aromatic nitrogens is 1. The van der Waals surface area contributed by atoms with Gasteiger partial charge in [-0.05, 0) is 36.3 Å². The fourth-order valence-corrected chi connectivity index (χ4v) is 4.58. The number of carbonyl (C=O) groups excluding carboxylic acids is 2. The highest BCUT2D eigenvalue weighted by Crippen LogP contribution is 2.30. The van der Waals surface area contributed by atoms with Crippen molar-refractivity contribution in [3.8, 4) is 0 Å². The molecule has 0 bridgehead atoms. The molecule has 1 aromatic heterocycles. The predicted octanol–water partition coefficient (Wildman–Crippen LogP) is 1.81. The molecule has 27 heavy (non-hydrogen) atoms. The van der Waals surface area contributed by atoms with Gasteiger partial charge in [-0.25, -0.2) is 13.4 Å². The van der Waals surface area contributed by atoms with Crippen LogP contribution in [0.3, 0.4) is 0 Å². The maximum Gasteiger partial charge on any atom is 0.260 e. The van der Waals surface area contributed by atoms with Crippen LogP contribution in [0.1, 0.15) is 40.5 Å². The molecule has 0 spiro atoms. The van der Waals surface area contributed by atoms with Crippen molar-refractivity contribution in [2.75, 3.05) is 13.1 Å². The van der Waals surface area contributed by atoms with Crippen LogP contribution in [0, 0.1) is 17.8 Å². The summed E-state index contributed by atoms with van der Waals surface area (Å²) in [5, 5.41) is 2.67. The number of hydrogen-bond donors (Lipinski definition) is 1. The molecular formula is C19H28N3O4S. The number of carbonyl (C=O) groups is 2. The molecule has 2 heterocycles. The number of ketones is 1. The first-order valence-corrected chi connectivity index (χ1v) is 10.5. The number of rotatable bonds is 6. The number of hydrogen-bond acceptors (Lipinski definition) is 5. The Hall–Kier alpha value is -1.80. The molecule has 1 saturated heterocycles. The van der Waals surface area contributed by atoms with Crippen LogP contribution in [0.5, 0.6) is 0 Å². The lowest BCUT2D eigenvalue weighted by Gasteiger charge is -2.29. The van der Waals surface area contributed by atoms with Crippen LogP contribution >= 0.6 is 0 Å². The lowest BCUT2D eigenvalue weighted by Crippen LogP contribution is -2.44. The second-order valence-corrected chi connectivity index (χ2v) is 10.1. The lowest BCUT2D eigenvalue weighted by molar-refractivity contribution is -0.126. The van der Waals surface area contributed by atoms with Gasteiger partial charge in [0.15, 0.2) is 10.8 Å². The Labute approximate surface area is 161 Å². The average molecular weight is 395 g/mol. The van der Waals surface area contributed by atoms with E-state index in [1.165, 1.54) is 23.0 Å². The van der Waals surface area contributed by atoms with Crippen molar-refractivity contribution in [2.45, 2.75) is 51.6 Å². The van der Waals surface area contributed by atoms with Crippen LogP contribution < -0.4 is 5.32 Å². The standard InChI is InChI=1S/C19H28N3O4S/c1-14(2)8-9-17(24)21-15-11-19(3,4)13-22(12-16(15)23)27(25,26)18-7-5-6-10-20-18/h5-7,9-10,14-15H,8,11-13H2,1-4H3,(H,21,24)/t15-/m0/s1. The second-order valence-electron chi connectivity index (χ2n) is 8.17. The summed E-state index contributed by atoms with van der Waals surface area (Å²) in [6.07, 6.45) is 3.95. The minimum absolute atomic E-state index is 0.0821. The van der Waals surface area contributed by atoms with Crippen molar-refractivity contribution in [1.29, 1.82) is 0 Å². The third-order valence-electron chi connectivity index (χ3n) is 4.42. The Morgan fingerprint density at radius 1 is 1.41 bits per heavy atom. The van der Waals surface area contributed by atoms with Gasteiger partial charge in [-0.15, -0.1) is 0 Å². The van der Waals surface area contributed by atoms with Crippen LogP contribution in [0.15, 0.2) is 29.4 Å². The van der Waals surface area contributed by atoms with Gasteiger partial charge in [0.2, 0.25) is 5.91 Å². The minimum atomic E-state index is -3.88. The third kappa shape index (κ3) is 5.84. The Morgan fingerprint density at radius 2 is 2.11 bits per heavy atom. The summed E-state index contributed by atoms with van der Waals surface area (Å²) >= 11 is 0. The molecule has 1 amide bonds. The van der Waals surface area contributed by atoms with Crippen molar-refractivity contribution in [1.82, 2.24) is 14.6 Å². The number of nitrogens with one attached hydrogen (secondary N) is 1. The maximum atomic E-state index is 12.9. The van der Waals surface area contributed by atoms with E-state index in [9.17, 15) is 18.0 Å². The van der Waals surface area contributed by atoms with E-state index in [0.29, 0.717) is 18.8 Å². The van der Waals surface area contributed by atoms with Crippen LogP contribution in [0.2, 0.25) is 0 Å². The van der Waals surface area contributed by atoms with Crippen molar-refractivity contribution in [2.24, 2.45) is 11.3 Å². The first kappa shape index (κ1) is 21.5. The average Bonchev–Trinajstić information content (AvgIpc) is 2.70. The van der Waals surface area contributed by atoms with Gasteiger partial charge in [-0.3, -0.25) is 9.59 Å². The molecule has 1 aromatic rings. The van der Waals surface area contributed by atoms with E-state index < -0.39 is 21.5 Å². The molecule has 7 nitrogen and oxygen atoms in total. The van der Waals surface area contributed by atoms with E-state index in [1.54, 1.807) is 12.1 Å². The smallest absolute Gasteiger partial charge is 0.260 e. The van der Waals surface area contributed by atoms with Crippen LogP contribution in [0.4, 0.5) is 0 Å². The molecule has 1 radical (unpaired) electrons. The molecule has 1 N–H and O–H groups in total. The Kier molecular flexibility index (Phi) is 6.75. The monoisotopic (exact) mass is 394 g/mol. The molecule has 0 aliphatic carbocycles. The molecule has 0 unspecified atom stereocenters. The lowest BCUT2D eigenvalue weighted by atomic mass is 9.85. The fraction of sp³-hybridized carbons (Fsp3) is 0.579. The van der Waals surface area contributed by atoms with Crippen LogP contribution in [0.25, 0.3) is 0 Å². The van der Waals surface area contributed by atoms with Crippen molar-refractivity contribution >= 4 is 21.7 Å². The van der Waals surface area contributed by atoms with Gasteiger partial charge >= 0.3 is 0 Å². The second kappa shape index (κ2) is 8.48. The highest BCUT2D eigenvalue weighted by atomic mass is 32.2. The topological polar surface area (TPSA) is 96.4 Å². The van der Waals surface area contributed by atoms with E-state index in [-0.39, 0.29) is 29.8 Å². The molecule has 1 atom stereocenters. The Bertz CT molecular complexity index is 775. The zero-order valence-corrected chi connectivity index (χ0v) is 17.1. The van der Waals surface area contributed by atoms with Crippen LogP contribution in [-0.4, -0.2) is 48.5 Å². The number of amides is 1. The van der Waals surface area contributed by atoms with E-state index in [4.69, 9.17) is 0 Å². The third-order valence-corrected chi connectivity index (χ3v) is 6.12. The van der Waals surface area contributed by atoms with Gasteiger partial charge < -0.3 is 5.32 Å². The van der Waals surface area contributed by atoms with Gasteiger partial charge in [0.05, 0.1) is 12.6 Å². The summed E-state index contributed by atoms with van der Waals surface area (Å²) in [5.74, 6) is -0.263. The molecule has 149 valence electrons. The fourth-order valence-electron chi connectivity index (χ4n) is 3.06. The SMILES string of the molecule is CC(C)C[CH]C(=O)N[C@H]1CC(C)(C)CN(S(=O)(=O)c2ccccn2)CC1=O. The quantitative estimate of drug-likeness (QED) is 0.794. The molecule has 1 aliphatic heterocycles. The van der Waals surface area contributed by atoms with Gasteiger partial charge in [0.1, 0.15) is 0 Å². The molecule has 2 rings (SSSR count). The summed E-state index contributed by atoms with van der Waals surface area (Å²) in [7, 11) is -3.88. The molecular weight excluding hydrogens is 366 g/mol. The van der Waals surface area contributed by atoms with Crippen molar-refractivity contribution in [3.05, 3.63) is 30.8 Å². The van der Waals surface area contributed by atoms with Crippen LogP contribution in [-0.2, 0) is 19.6 Å². The molecule has 0 saturated carbocycles. The summed E-state index contributed by atoms with van der Waals surface area (Å²) in [6, 6.07) is 3.94. The van der Waals surface area contributed by atoms with Gasteiger partial charge in [0, 0.05) is 19.2 Å². The summed E-state index contributed by atoms with van der Waals surface area (Å²) in [6.45, 7) is 7.69. The zero-order valence-electron chi connectivity index (χ0n) is 16.3. The summed E-state index contributed by atoms with van der Waals surface area (Å²) < 4.78 is 27.0. The summed E-state index contributed by atoms with van der Waals surface area (Å²) in [5.41, 5.74) is -0.482. The van der Waals surface area contributed by atoms with E-state index >= 15 is 0 Å². The number of nitrogens with zero attached hydrogens (tertiary/aromatic N) is 2. The van der Waals surface area contributed by atoms with Gasteiger partial charge in [0.25, 0.3) is 10.0 Å². The molecule has 1 aliphatic rings. The van der Waals surface area contributed by atoms with Crippen molar-refractivity contribution in [3.63, 3.8) is 0 Å². The normalized spacial score (nSPS) is 21.1. The van der Waals surface area contributed by atoms with Gasteiger partial charge in [-0.2, -0.15) is 4.31 Å². The highest BCUT2D eigenvalue weighted by molar-refractivity contribution is 7.89. The van der Waals surface area contributed by atoms with E-state index in [1.807, 2.05) is 27.7 Å².